The van der Waals surface area contributed by atoms with Gasteiger partial charge in [-0.05, 0) is 55.3 Å². The summed E-state index contributed by atoms with van der Waals surface area (Å²) >= 11 is 0. The lowest BCUT2D eigenvalue weighted by Gasteiger charge is -2.30. The fourth-order valence-electron chi connectivity index (χ4n) is 3.31. The van der Waals surface area contributed by atoms with Gasteiger partial charge in [0, 0.05) is 42.4 Å². The van der Waals surface area contributed by atoms with Gasteiger partial charge >= 0.3 is 0 Å². The number of carbonyl (C=O) groups excluding carboxylic acids is 2. The minimum Gasteiger partial charge on any atom is -0.383 e. The van der Waals surface area contributed by atoms with E-state index in [2.05, 4.69) is 17.2 Å². The van der Waals surface area contributed by atoms with Crippen LogP contribution in [0.5, 0.6) is 0 Å². The molecule has 7 N–H and O–H groups in total. The number of benzene rings is 2. The van der Waals surface area contributed by atoms with Crippen molar-refractivity contribution in [2.75, 3.05) is 20.3 Å². The average Bonchev–Trinajstić information content (AvgIpc) is 2.75. The van der Waals surface area contributed by atoms with E-state index in [0.29, 0.717) is 17.7 Å². The van der Waals surface area contributed by atoms with Crippen LogP contribution in [0.3, 0.4) is 0 Å². The molecule has 1 atom stereocenters. The second-order valence-electron chi connectivity index (χ2n) is 8.01. The van der Waals surface area contributed by atoms with Crippen molar-refractivity contribution >= 4 is 11.8 Å². The summed E-state index contributed by atoms with van der Waals surface area (Å²) in [5.74, 6) is 3.67. The van der Waals surface area contributed by atoms with E-state index in [4.69, 9.17) is 16.2 Å². The molecule has 0 aromatic heterocycles. The molecule has 0 bridgehead atoms. The summed E-state index contributed by atoms with van der Waals surface area (Å²) in [6, 6.07) is 12.6. The molecule has 0 aliphatic heterocycles. The van der Waals surface area contributed by atoms with Gasteiger partial charge in [0.1, 0.15) is 0 Å². The number of rotatable bonds is 9. The van der Waals surface area contributed by atoms with E-state index in [0.717, 1.165) is 24.2 Å². The molecule has 8 heteroatoms. The van der Waals surface area contributed by atoms with Crippen LogP contribution in [0.1, 0.15) is 52.4 Å². The highest BCUT2D eigenvalue weighted by Crippen LogP contribution is 2.30. The number of primary amides is 1. The van der Waals surface area contributed by atoms with E-state index in [1.54, 1.807) is 38.6 Å². The molecule has 0 saturated carbocycles. The van der Waals surface area contributed by atoms with Crippen molar-refractivity contribution in [3.63, 3.8) is 0 Å². The molecule has 0 heterocycles. The number of hydrogen-bond acceptors (Lipinski definition) is 6. The molecular weight excluding hydrogens is 408 g/mol. The summed E-state index contributed by atoms with van der Waals surface area (Å²) in [6.07, 6.45) is 0. The van der Waals surface area contributed by atoms with Crippen LogP contribution in [0.2, 0.25) is 0 Å². The Labute approximate surface area is 188 Å². The van der Waals surface area contributed by atoms with Gasteiger partial charge in [-0.3, -0.25) is 14.8 Å². The maximum Gasteiger partial charge on any atom is 0.252 e. The molecule has 0 aliphatic rings. The number of hydroxylamine groups is 1. The zero-order chi connectivity index (χ0) is 23.7. The van der Waals surface area contributed by atoms with Gasteiger partial charge in [-0.15, -0.1) is 0 Å². The van der Waals surface area contributed by atoms with E-state index in [1.807, 2.05) is 24.3 Å². The zero-order valence-electron chi connectivity index (χ0n) is 18.6. The van der Waals surface area contributed by atoms with Crippen molar-refractivity contribution < 1.29 is 19.5 Å². The Bertz CT molecular complexity index is 1000. The van der Waals surface area contributed by atoms with Gasteiger partial charge in [-0.1, -0.05) is 24.0 Å². The van der Waals surface area contributed by atoms with Crippen LogP contribution >= 0.6 is 0 Å². The predicted octanol–water partition coefficient (Wildman–Crippen LogP) is 1.25. The van der Waals surface area contributed by atoms with Gasteiger partial charge in [0.25, 0.3) is 5.91 Å². The predicted molar refractivity (Wildman–Crippen MR) is 122 cm³/mol. The molecule has 0 aliphatic carbocycles. The fraction of sp³-hybridized carbons (Fsp3) is 0.333. The number of ether oxygens (including phenoxy) is 1. The van der Waals surface area contributed by atoms with Crippen LogP contribution in [0, 0.1) is 11.8 Å². The number of carbonyl (C=O) groups is 2. The second-order valence-corrected chi connectivity index (χ2v) is 8.01. The molecule has 0 spiro atoms. The maximum atomic E-state index is 12.3. The molecule has 0 saturated heterocycles. The summed E-state index contributed by atoms with van der Waals surface area (Å²) in [7, 11) is 1.66. The lowest BCUT2D eigenvalue weighted by molar-refractivity contribution is -0.132. The van der Waals surface area contributed by atoms with Crippen molar-refractivity contribution in [2.45, 2.75) is 31.8 Å². The number of methoxy groups -OCH3 is 1. The molecule has 32 heavy (non-hydrogen) atoms. The molecule has 2 aromatic carbocycles. The highest BCUT2D eigenvalue weighted by atomic mass is 16.5. The highest BCUT2D eigenvalue weighted by molar-refractivity contribution is 5.97. The summed E-state index contributed by atoms with van der Waals surface area (Å²) < 4.78 is 5.01. The fourth-order valence-corrected chi connectivity index (χ4v) is 3.31. The zero-order valence-corrected chi connectivity index (χ0v) is 18.6. The SMILES string of the molecule is COCCNCc1ccc(C#Cc2ccc(C(N)=O)c([C@H](C(=O)NO)C(C)(C)N)c2)cc1. The minimum absolute atomic E-state index is 0.146. The Hall–Kier alpha value is -3.22. The Morgan fingerprint density at radius 3 is 2.31 bits per heavy atom. The Balaban J connectivity index is 2.31. The summed E-state index contributed by atoms with van der Waals surface area (Å²) in [5, 5.41) is 12.5. The summed E-state index contributed by atoms with van der Waals surface area (Å²) in [4.78, 5) is 24.3. The van der Waals surface area contributed by atoms with Crippen LogP contribution in [0.4, 0.5) is 0 Å². The molecule has 0 unspecified atom stereocenters. The van der Waals surface area contributed by atoms with E-state index >= 15 is 0 Å². The highest BCUT2D eigenvalue weighted by Gasteiger charge is 2.35. The molecule has 2 rings (SSSR count). The molecule has 8 nitrogen and oxygen atoms in total. The van der Waals surface area contributed by atoms with Crippen molar-refractivity contribution in [1.82, 2.24) is 10.8 Å². The van der Waals surface area contributed by atoms with Crippen LogP contribution in [-0.2, 0) is 16.1 Å². The number of amides is 2. The van der Waals surface area contributed by atoms with Gasteiger partial charge in [-0.2, -0.15) is 0 Å². The Kier molecular flexibility index (Phi) is 8.93. The Morgan fingerprint density at radius 2 is 1.75 bits per heavy atom. The quantitative estimate of drug-likeness (QED) is 0.173. The first kappa shape index (κ1) is 25.0. The summed E-state index contributed by atoms with van der Waals surface area (Å²) in [5.41, 5.74) is 15.2. The van der Waals surface area contributed by atoms with E-state index in [-0.39, 0.29) is 5.56 Å². The molecule has 2 aromatic rings. The first-order valence-corrected chi connectivity index (χ1v) is 10.1. The van der Waals surface area contributed by atoms with Crippen molar-refractivity contribution in [2.24, 2.45) is 11.5 Å². The van der Waals surface area contributed by atoms with Crippen LogP contribution < -0.4 is 22.3 Å². The monoisotopic (exact) mass is 438 g/mol. The van der Waals surface area contributed by atoms with E-state index < -0.39 is 23.3 Å². The Morgan fingerprint density at radius 1 is 1.12 bits per heavy atom. The van der Waals surface area contributed by atoms with Crippen molar-refractivity contribution in [3.8, 4) is 11.8 Å². The van der Waals surface area contributed by atoms with E-state index in [9.17, 15) is 14.8 Å². The number of nitrogens with one attached hydrogen (secondary N) is 2. The van der Waals surface area contributed by atoms with Gasteiger partial charge in [-0.25, -0.2) is 5.48 Å². The van der Waals surface area contributed by atoms with Crippen molar-refractivity contribution in [3.05, 3.63) is 70.3 Å². The standard InChI is InChI=1S/C24H30N4O4/c1-24(2,26)21(23(30)28-31)20-14-17(10-11-19(20)22(25)29)7-4-16-5-8-18(9-6-16)15-27-12-13-32-3/h5-6,8-11,14,21,27,31H,12-13,15,26H2,1-3H3,(H2,25,29)(H,28,30)/t21-/m1/s1. The van der Waals surface area contributed by atoms with Crippen LogP contribution in [0.15, 0.2) is 42.5 Å². The van der Waals surface area contributed by atoms with Crippen LogP contribution in [-0.4, -0.2) is 42.8 Å². The normalized spacial score (nSPS) is 11.9. The molecule has 0 fully saturated rings. The second kappa shape index (κ2) is 11.4. The first-order chi connectivity index (χ1) is 15.2. The van der Waals surface area contributed by atoms with Gasteiger partial charge in [0.15, 0.2) is 0 Å². The maximum absolute atomic E-state index is 12.3. The number of hydrogen-bond donors (Lipinski definition) is 5. The average molecular weight is 439 g/mol. The minimum atomic E-state index is -1.07. The van der Waals surface area contributed by atoms with E-state index in [1.165, 1.54) is 6.07 Å². The largest absolute Gasteiger partial charge is 0.383 e. The van der Waals surface area contributed by atoms with Gasteiger partial charge in [0.2, 0.25) is 5.91 Å². The lowest BCUT2D eigenvalue weighted by Crippen LogP contribution is -2.47. The van der Waals surface area contributed by atoms with Crippen LogP contribution in [0.25, 0.3) is 0 Å². The van der Waals surface area contributed by atoms with Gasteiger partial charge < -0.3 is 21.5 Å². The first-order valence-electron chi connectivity index (χ1n) is 10.1. The van der Waals surface area contributed by atoms with Crippen molar-refractivity contribution in [1.29, 1.82) is 0 Å². The third kappa shape index (κ3) is 6.90. The topological polar surface area (TPSA) is 140 Å². The summed E-state index contributed by atoms with van der Waals surface area (Å²) in [6.45, 7) is 5.42. The number of nitrogens with two attached hydrogens (primary N) is 2. The van der Waals surface area contributed by atoms with Gasteiger partial charge in [0.05, 0.1) is 12.5 Å². The lowest BCUT2D eigenvalue weighted by atomic mass is 9.79. The smallest absolute Gasteiger partial charge is 0.252 e. The molecule has 2 amide bonds. The third-order valence-corrected chi connectivity index (χ3v) is 4.86. The molecule has 0 radical (unpaired) electrons. The molecular formula is C24H30N4O4. The third-order valence-electron chi connectivity index (χ3n) is 4.86. The molecule has 170 valence electrons.